The molecule has 0 radical (unpaired) electrons. The molecule has 1 aliphatic rings. The SMILES string of the molecule is CC1COc2ccc(C(Br)C(C)S(C)(=O)=O)cc2OC1. The van der Waals surface area contributed by atoms with Gasteiger partial charge in [0.1, 0.15) is 0 Å². The Morgan fingerprint density at radius 2 is 1.85 bits per heavy atom. The Morgan fingerprint density at radius 3 is 2.45 bits per heavy atom. The molecule has 0 spiro atoms. The first-order chi connectivity index (χ1) is 9.29. The van der Waals surface area contributed by atoms with Gasteiger partial charge in [-0.05, 0) is 24.6 Å². The van der Waals surface area contributed by atoms with Crippen LogP contribution in [0, 0.1) is 5.92 Å². The van der Waals surface area contributed by atoms with Gasteiger partial charge in [0.25, 0.3) is 0 Å². The highest BCUT2D eigenvalue weighted by molar-refractivity contribution is 9.09. The molecule has 0 N–H and O–H groups in total. The molecular weight excluding hydrogens is 344 g/mol. The van der Waals surface area contributed by atoms with Gasteiger partial charge in [-0.1, -0.05) is 28.9 Å². The van der Waals surface area contributed by atoms with Crippen LogP contribution in [0.1, 0.15) is 24.2 Å². The molecular formula is C14H19BrO4S. The molecule has 4 nitrogen and oxygen atoms in total. The van der Waals surface area contributed by atoms with Gasteiger partial charge in [-0.15, -0.1) is 0 Å². The molecule has 20 heavy (non-hydrogen) atoms. The van der Waals surface area contributed by atoms with E-state index in [1.807, 2.05) is 18.2 Å². The summed E-state index contributed by atoms with van der Waals surface area (Å²) < 4.78 is 34.7. The molecule has 0 amide bonds. The maximum Gasteiger partial charge on any atom is 0.161 e. The van der Waals surface area contributed by atoms with Crippen molar-refractivity contribution < 1.29 is 17.9 Å². The minimum absolute atomic E-state index is 0.271. The van der Waals surface area contributed by atoms with Crippen molar-refractivity contribution in [2.24, 2.45) is 5.92 Å². The Kier molecular flexibility index (Phi) is 4.64. The topological polar surface area (TPSA) is 52.6 Å². The fourth-order valence-electron chi connectivity index (χ4n) is 1.93. The van der Waals surface area contributed by atoms with E-state index in [-0.39, 0.29) is 4.83 Å². The van der Waals surface area contributed by atoms with Gasteiger partial charge in [-0.3, -0.25) is 0 Å². The highest BCUT2D eigenvalue weighted by Gasteiger charge is 2.26. The lowest BCUT2D eigenvalue weighted by Crippen LogP contribution is -2.20. The second-order valence-electron chi connectivity index (χ2n) is 5.37. The standard InChI is InChI=1S/C14H19BrO4S/c1-9-7-18-12-5-4-11(6-13(12)19-8-9)14(15)10(2)20(3,16)17/h4-6,9-10,14H,7-8H2,1-3H3. The van der Waals surface area contributed by atoms with E-state index in [0.29, 0.717) is 30.6 Å². The molecule has 1 aliphatic heterocycles. The van der Waals surface area contributed by atoms with Crippen LogP contribution < -0.4 is 9.47 Å². The maximum absolute atomic E-state index is 11.6. The summed E-state index contributed by atoms with van der Waals surface area (Å²) in [6, 6.07) is 5.57. The number of sulfone groups is 1. The lowest BCUT2D eigenvalue weighted by atomic mass is 10.1. The van der Waals surface area contributed by atoms with E-state index in [0.717, 1.165) is 5.56 Å². The molecule has 0 saturated heterocycles. The summed E-state index contributed by atoms with van der Waals surface area (Å²) in [6.07, 6.45) is 1.25. The Hall–Kier alpha value is -0.750. The summed E-state index contributed by atoms with van der Waals surface area (Å²) in [5.74, 6) is 1.72. The number of halogens is 1. The number of fused-ring (bicyclic) bond motifs is 1. The third kappa shape index (κ3) is 3.47. The molecule has 112 valence electrons. The van der Waals surface area contributed by atoms with Crippen molar-refractivity contribution in [2.45, 2.75) is 23.9 Å². The van der Waals surface area contributed by atoms with Crippen LogP contribution in [0.25, 0.3) is 0 Å². The van der Waals surface area contributed by atoms with Crippen molar-refractivity contribution in [3.63, 3.8) is 0 Å². The maximum atomic E-state index is 11.6. The smallest absolute Gasteiger partial charge is 0.161 e. The first kappa shape index (κ1) is 15.6. The summed E-state index contributed by atoms with van der Waals surface area (Å²) in [5, 5.41) is -0.508. The number of hydrogen-bond donors (Lipinski definition) is 0. The van der Waals surface area contributed by atoms with Gasteiger partial charge in [0.2, 0.25) is 0 Å². The highest BCUT2D eigenvalue weighted by Crippen LogP contribution is 2.37. The van der Waals surface area contributed by atoms with Crippen LogP contribution in [-0.4, -0.2) is 33.1 Å². The van der Waals surface area contributed by atoms with E-state index in [2.05, 4.69) is 22.9 Å². The largest absolute Gasteiger partial charge is 0.489 e. The molecule has 3 atom stereocenters. The van der Waals surface area contributed by atoms with E-state index in [4.69, 9.17) is 9.47 Å². The number of rotatable bonds is 3. The van der Waals surface area contributed by atoms with Crippen molar-refractivity contribution in [3.05, 3.63) is 23.8 Å². The minimum Gasteiger partial charge on any atom is -0.489 e. The Morgan fingerprint density at radius 1 is 1.25 bits per heavy atom. The van der Waals surface area contributed by atoms with E-state index in [9.17, 15) is 8.42 Å². The summed E-state index contributed by atoms with van der Waals surface area (Å²) in [6.45, 7) is 4.99. The number of ether oxygens (including phenoxy) is 2. The fraction of sp³-hybridized carbons (Fsp3) is 0.571. The highest BCUT2D eigenvalue weighted by atomic mass is 79.9. The van der Waals surface area contributed by atoms with Gasteiger partial charge in [0.05, 0.1) is 23.3 Å². The fourth-order valence-corrected chi connectivity index (χ4v) is 3.98. The van der Waals surface area contributed by atoms with Crippen LogP contribution in [0.2, 0.25) is 0 Å². The molecule has 2 rings (SSSR count). The minimum atomic E-state index is -3.11. The van der Waals surface area contributed by atoms with Gasteiger partial charge in [0.15, 0.2) is 21.3 Å². The second-order valence-corrected chi connectivity index (χ2v) is 8.76. The molecule has 0 aromatic heterocycles. The van der Waals surface area contributed by atoms with Crippen LogP contribution in [0.15, 0.2) is 18.2 Å². The first-order valence-electron chi connectivity index (χ1n) is 6.51. The van der Waals surface area contributed by atoms with Gasteiger partial charge in [-0.25, -0.2) is 8.42 Å². The van der Waals surface area contributed by atoms with Crippen molar-refractivity contribution in [3.8, 4) is 11.5 Å². The Bertz CT molecular complexity index is 585. The zero-order chi connectivity index (χ0) is 14.9. The average Bonchev–Trinajstić information content (AvgIpc) is 2.58. The van der Waals surface area contributed by atoms with Gasteiger partial charge in [0, 0.05) is 12.2 Å². The molecule has 0 aliphatic carbocycles. The summed E-state index contributed by atoms with van der Waals surface area (Å²) in [5.41, 5.74) is 0.875. The van der Waals surface area contributed by atoms with Crippen LogP contribution in [0.5, 0.6) is 11.5 Å². The predicted octanol–water partition coefficient (Wildman–Crippen LogP) is 2.96. The van der Waals surface area contributed by atoms with Gasteiger partial charge < -0.3 is 9.47 Å². The summed E-state index contributed by atoms with van der Waals surface area (Å²) in [4.78, 5) is -0.271. The predicted molar refractivity (Wildman–Crippen MR) is 82.6 cm³/mol. The van der Waals surface area contributed by atoms with Crippen LogP contribution in [0.3, 0.4) is 0 Å². The second kappa shape index (κ2) is 5.93. The molecule has 1 aromatic rings. The first-order valence-corrected chi connectivity index (χ1v) is 9.38. The van der Waals surface area contributed by atoms with E-state index >= 15 is 0 Å². The molecule has 1 heterocycles. The number of benzene rings is 1. The van der Waals surface area contributed by atoms with Crippen LogP contribution in [0.4, 0.5) is 0 Å². The zero-order valence-electron chi connectivity index (χ0n) is 11.8. The monoisotopic (exact) mass is 362 g/mol. The van der Waals surface area contributed by atoms with Gasteiger partial charge in [-0.2, -0.15) is 0 Å². The average molecular weight is 363 g/mol. The molecule has 3 unspecified atom stereocenters. The molecule has 0 saturated carbocycles. The molecule has 6 heteroatoms. The lowest BCUT2D eigenvalue weighted by molar-refractivity contribution is 0.228. The van der Waals surface area contributed by atoms with Gasteiger partial charge >= 0.3 is 0 Å². The van der Waals surface area contributed by atoms with Crippen molar-refractivity contribution >= 4 is 25.8 Å². The van der Waals surface area contributed by atoms with Crippen LogP contribution >= 0.6 is 15.9 Å². The molecule has 1 aromatic carbocycles. The van der Waals surface area contributed by atoms with E-state index in [1.54, 1.807) is 6.92 Å². The van der Waals surface area contributed by atoms with Crippen molar-refractivity contribution in [1.82, 2.24) is 0 Å². The van der Waals surface area contributed by atoms with E-state index in [1.165, 1.54) is 6.26 Å². The quantitative estimate of drug-likeness (QED) is 0.775. The third-order valence-corrected chi connectivity index (χ3v) is 6.71. The Labute approximate surface area is 128 Å². The van der Waals surface area contributed by atoms with Crippen LogP contribution in [-0.2, 0) is 9.84 Å². The zero-order valence-corrected chi connectivity index (χ0v) is 14.2. The molecule has 0 bridgehead atoms. The molecule has 0 fully saturated rings. The summed E-state index contributed by atoms with van der Waals surface area (Å²) in [7, 11) is -3.11. The number of hydrogen-bond acceptors (Lipinski definition) is 4. The normalized spacial score (nSPS) is 21.9. The van der Waals surface area contributed by atoms with Crippen molar-refractivity contribution in [2.75, 3.05) is 19.5 Å². The summed E-state index contributed by atoms with van der Waals surface area (Å²) >= 11 is 3.47. The van der Waals surface area contributed by atoms with E-state index < -0.39 is 15.1 Å². The third-order valence-electron chi connectivity index (χ3n) is 3.42. The number of alkyl halides is 1. The van der Waals surface area contributed by atoms with Crippen molar-refractivity contribution in [1.29, 1.82) is 0 Å². The lowest BCUT2D eigenvalue weighted by Gasteiger charge is -2.18. The Balaban J connectivity index is 2.27.